The average molecular weight is 482 g/mol. The van der Waals surface area contributed by atoms with Crippen LogP contribution in [-0.2, 0) is 16.2 Å². The van der Waals surface area contributed by atoms with Crippen LogP contribution in [0.25, 0.3) is 0 Å². The van der Waals surface area contributed by atoms with E-state index in [0.717, 1.165) is 16.8 Å². The van der Waals surface area contributed by atoms with Gasteiger partial charge >= 0.3 is 0 Å². The second-order valence-corrected chi connectivity index (χ2v) is 8.41. The van der Waals surface area contributed by atoms with E-state index in [9.17, 15) is 9.59 Å². The van der Waals surface area contributed by atoms with Gasteiger partial charge in [-0.3, -0.25) is 9.59 Å². The monoisotopic (exact) mass is 481 g/mol. The normalized spacial score (nSPS) is 15.8. The number of nitrogens with one attached hydrogen (secondary N) is 1. The molecule has 0 bridgehead atoms. The quantitative estimate of drug-likeness (QED) is 0.378. The van der Waals surface area contributed by atoms with Crippen molar-refractivity contribution in [3.05, 3.63) is 94.0 Å². The molecule has 1 aliphatic rings. The number of para-hydroxylation sites is 1. The summed E-state index contributed by atoms with van der Waals surface area (Å²) < 4.78 is 5.76. The fraction of sp³-hybridized carbons (Fsp3) is 0.160. The first-order valence-electron chi connectivity index (χ1n) is 10.3. The molecule has 1 saturated heterocycles. The standard InChI is InChI=1S/C25H21Cl2N3O3/c26-20-9-8-18(23(27)13-20)16-33-22-10-6-17(7-11-22)14-28-29-25(32)19-12-24(31)30(15-19)21-4-2-1-3-5-21/h1-11,13-14,19H,12,15-16H2,(H,29,32)/b28-14-/t19-/m1/s1. The number of carbonyl (C=O) groups excluding carboxylic acids is 2. The van der Waals surface area contributed by atoms with Gasteiger partial charge in [-0.25, -0.2) is 5.43 Å². The van der Waals surface area contributed by atoms with E-state index in [1.54, 1.807) is 35.4 Å². The summed E-state index contributed by atoms with van der Waals surface area (Å²) in [5, 5.41) is 5.16. The first-order valence-corrected chi connectivity index (χ1v) is 11.1. The van der Waals surface area contributed by atoms with Crippen molar-refractivity contribution < 1.29 is 14.3 Å². The van der Waals surface area contributed by atoms with Crippen LogP contribution in [0.2, 0.25) is 10.0 Å². The zero-order chi connectivity index (χ0) is 23.2. The third-order valence-corrected chi connectivity index (χ3v) is 5.83. The SMILES string of the molecule is O=C(N/N=C\c1ccc(OCc2ccc(Cl)cc2Cl)cc1)[C@@H]1CC(=O)N(c2ccccc2)C1. The maximum Gasteiger partial charge on any atom is 0.245 e. The van der Waals surface area contributed by atoms with Crippen LogP contribution in [0.3, 0.4) is 0 Å². The summed E-state index contributed by atoms with van der Waals surface area (Å²) in [5.74, 6) is -0.114. The molecule has 1 heterocycles. The van der Waals surface area contributed by atoms with Gasteiger partial charge in [0.25, 0.3) is 0 Å². The predicted octanol–water partition coefficient (Wildman–Crippen LogP) is 5.08. The molecule has 0 radical (unpaired) electrons. The van der Waals surface area contributed by atoms with Crippen LogP contribution in [-0.4, -0.2) is 24.6 Å². The lowest BCUT2D eigenvalue weighted by molar-refractivity contribution is -0.126. The molecule has 2 amide bonds. The van der Waals surface area contributed by atoms with Gasteiger partial charge in [0.1, 0.15) is 12.4 Å². The molecule has 168 valence electrons. The molecule has 1 fully saturated rings. The Kier molecular flexibility index (Phi) is 7.27. The molecule has 0 spiro atoms. The molecule has 3 aromatic carbocycles. The Morgan fingerprint density at radius 1 is 1.09 bits per heavy atom. The lowest BCUT2D eigenvalue weighted by Crippen LogP contribution is -2.30. The Morgan fingerprint density at radius 2 is 1.85 bits per heavy atom. The third kappa shape index (κ3) is 5.92. The molecular formula is C25H21Cl2N3O3. The molecule has 1 N–H and O–H groups in total. The number of benzene rings is 3. The first kappa shape index (κ1) is 22.8. The van der Waals surface area contributed by atoms with Crippen LogP contribution in [0.5, 0.6) is 5.75 Å². The zero-order valence-electron chi connectivity index (χ0n) is 17.6. The first-order chi connectivity index (χ1) is 16.0. The van der Waals surface area contributed by atoms with Crippen molar-refractivity contribution in [2.75, 3.05) is 11.4 Å². The van der Waals surface area contributed by atoms with Gasteiger partial charge in [0.05, 0.1) is 12.1 Å². The minimum atomic E-state index is -0.440. The summed E-state index contributed by atoms with van der Waals surface area (Å²) >= 11 is 12.1. The summed E-state index contributed by atoms with van der Waals surface area (Å²) in [6.45, 7) is 0.660. The van der Waals surface area contributed by atoms with Gasteiger partial charge in [-0.2, -0.15) is 5.10 Å². The van der Waals surface area contributed by atoms with Crippen molar-refractivity contribution in [3.8, 4) is 5.75 Å². The number of halogens is 2. The molecule has 6 nitrogen and oxygen atoms in total. The molecule has 3 aromatic rings. The van der Waals surface area contributed by atoms with Gasteiger partial charge in [0.2, 0.25) is 11.8 Å². The Labute approximate surface area is 201 Å². The van der Waals surface area contributed by atoms with E-state index in [0.29, 0.717) is 28.9 Å². The molecule has 1 atom stereocenters. The topological polar surface area (TPSA) is 71.0 Å². The maximum absolute atomic E-state index is 12.4. The van der Waals surface area contributed by atoms with E-state index in [1.165, 1.54) is 0 Å². The van der Waals surface area contributed by atoms with Gasteiger partial charge in [0, 0.05) is 34.3 Å². The molecule has 0 unspecified atom stereocenters. The number of hydrazone groups is 1. The maximum atomic E-state index is 12.4. The predicted molar refractivity (Wildman–Crippen MR) is 130 cm³/mol. The average Bonchev–Trinajstić information content (AvgIpc) is 3.21. The molecular weight excluding hydrogens is 461 g/mol. The summed E-state index contributed by atoms with van der Waals surface area (Å²) in [6, 6.07) is 21.9. The van der Waals surface area contributed by atoms with Gasteiger partial charge in [0.15, 0.2) is 0 Å². The lowest BCUT2D eigenvalue weighted by atomic mass is 10.1. The Morgan fingerprint density at radius 3 is 2.58 bits per heavy atom. The van der Waals surface area contributed by atoms with Crippen molar-refractivity contribution in [1.29, 1.82) is 0 Å². The fourth-order valence-electron chi connectivity index (χ4n) is 3.45. The van der Waals surface area contributed by atoms with Crippen LogP contribution in [0.4, 0.5) is 5.69 Å². The van der Waals surface area contributed by atoms with E-state index in [2.05, 4.69) is 10.5 Å². The van der Waals surface area contributed by atoms with Crippen molar-refractivity contribution in [2.24, 2.45) is 11.0 Å². The number of carbonyl (C=O) groups is 2. The molecule has 0 aromatic heterocycles. The molecule has 0 aliphatic carbocycles. The summed E-state index contributed by atoms with van der Waals surface area (Å²) in [5.41, 5.74) is 4.96. The van der Waals surface area contributed by atoms with Crippen LogP contribution in [0.15, 0.2) is 77.9 Å². The molecule has 0 saturated carbocycles. The minimum Gasteiger partial charge on any atom is -0.489 e. The Balaban J connectivity index is 1.27. The highest BCUT2D eigenvalue weighted by Gasteiger charge is 2.34. The van der Waals surface area contributed by atoms with E-state index in [4.69, 9.17) is 27.9 Å². The summed E-state index contributed by atoms with van der Waals surface area (Å²) in [4.78, 5) is 26.3. The molecule has 8 heteroatoms. The molecule has 4 rings (SSSR count). The van der Waals surface area contributed by atoms with Crippen LogP contribution < -0.4 is 15.1 Å². The highest BCUT2D eigenvalue weighted by molar-refractivity contribution is 6.35. The zero-order valence-corrected chi connectivity index (χ0v) is 19.1. The van der Waals surface area contributed by atoms with E-state index in [-0.39, 0.29) is 18.2 Å². The number of amides is 2. The van der Waals surface area contributed by atoms with Crippen LogP contribution in [0, 0.1) is 5.92 Å². The van der Waals surface area contributed by atoms with E-state index >= 15 is 0 Å². The second-order valence-electron chi connectivity index (χ2n) is 7.57. The van der Waals surface area contributed by atoms with E-state index in [1.807, 2.05) is 48.5 Å². The Bertz CT molecular complexity index is 1170. The molecule has 1 aliphatic heterocycles. The second kappa shape index (κ2) is 10.5. The minimum absolute atomic E-state index is 0.0687. The highest BCUT2D eigenvalue weighted by atomic mass is 35.5. The number of ether oxygens (including phenoxy) is 1. The number of hydrogen-bond donors (Lipinski definition) is 1. The summed E-state index contributed by atoms with van der Waals surface area (Å²) in [7, 11) is 0. The van der Waals surface area contributed by atoms with Crippen molar-refractivity contribution in [2.45, 2.75) is 13.0 Å². The van der Waals surface area contributed by atoms with Gasteiger partial charge in [-0.1, -0.05) is 47.5 Å². The molecule has 33 heavy (non-hydrogen) atoms. The van der Waals surface area contributed by atoms with Gasteiger partial charge < -0.3 is 9.64 Å². The third-order valence-electron chi connectivity index (χ3n) is 5.24. The van der Waals surface area contributed by atoms with Gasteiger partial charge in [-0.15, -0.1) is 0 Å². The van der Waals surface area contributed by atoms with E-state index < -0.39 is 5.92 Å². The van der Waals surface area contributed by atoms with Crippen LogP contribution >= 0.6 is 23.2 Å². The number of nitrogens with zero attached hydrogens (tertiary/aromatic N) is 2. The lowest BCUT2D eigenvalue weighted by Gasteiger charge is -2.16. The fourth-order valence-corrected chi connectivity index (χ4v) is 3.92. The smallest absolute Gasteiger partial charge is 0.245 e. The van der Waals surface area contributed by atoms with Crippen LogP contribution in [0.1, 0.15) is 17.5 Å². The van der Waals surface area contributed by atoms with Gasteiger partial charge in [-0.05, 0) is 54.1 Å². The summed E-state index contributed by atoms with van der Waals surface area (Å²) in [6.07, 6.45) is 1.71. The van der Waals surface area contributed by atoms with Crippen molar-refractivity contribution >= 4 is 46.9 Å². The largest absolute Gasteiger partial charge is 0.489 e. The highest BCUT2D eigenvalue weighted by Crippen LogP contribution is 2.25. The number of rotatable bonds is 7. The number of anilines is 1. The number of hydrogen-bond acceptors (Lipinski definition) is 4. The van der Waals surface area contributed by atoms with Crippen molar-refractivity contribution in [1.82, 2.24) is 5.43 Å². The Hall–Kier alpha value is -3.35. The van der Waals surface area contributed by atoms with Crippen molar-refractivity contribution in [3.63, 3.8) is 0 Å².